The number of hydrogen-bond acceptors (Lipinski definition) is 4. The maximum Gasteiger partial charge on any atom is 1.00 e. The smallest absolute Gasteiger partial charge is 0.862 e. The molecule has 0 aromatic heterocycles. The van der Waals surface area contributed by atoms with Gasteiger partial charge in [0.1, 0.15) is 6.04 Å². The van der Waals surface area contributed by atoms with E-state index in [1.165, 1.54) is 19.3 Å². The number of allylic oxidation sites excluding steroid dienone is 1. The summed E-state index contributed by atoms with van der Waals surface area (Å²) in [6.07, 6.45) is 12.2. The maximum absolute atomic E-state index is 11.6. The number of carboxylic acid groups (broad SMARTS) is 1. The standard InChI is InChI=1S/C16H29NO3S.Na/c1-3-4-5-6-7-8-9-10-11-15(18)17-14(16(19)20)12-13-21-2;/h3,14H,1,4-13H2,2H3,(H,17,18)(H,19,20);/q;+1/p-1/t14-;/m0./s1. The fourth-order valence-electron chi connectivity index (χ4n) is 1.98. The molecule has 0 saturated heterocycles. The molecule has 0 heterocycles. The number of rotatable bonds is 14. The Morgan fingerprint density at radius 3 is 2.41 bits per heavy atom. The van der Waals surface area contributed by atoms with Gasteiger partial charge < -0.3 is 10.2 Å². The Labute approximate surface area is 161 Å². The average Bonchev–Trinajstić information content (AvgIpc) is 2.46. The van der Waals surface area contributed by atoms with Crippen LogP contribution < -0.4 is 34.7 Å². The van der Waals surface area contributed by atoms with E-state index in [9.17, 15) is 9.90 Å². The summed E-state index contributed by atoms with van der Waals surface area (Å²) < 4.78 is 0. The quantitative estimate of drug-likeness (QED) is 0.162. The third-order valence-corrected chi connectivity index (χ3v) is 3.87. The van der Waals surface area contributed by atoms with Crippen LogP contribution >= 0.6 is 11.8 Å². The molecule has 0 aliphatic carbocycles. The molecule has 0 aromatic rings. The summed E-state index contributed by atoms with van der Waals surface area (Å²) in [5.74, 6) is -0.562. The Bertz CT molecular complexity index is 325. The predicted molar refractivity (Wildman–Crippen MR) is 89.0 cm³/mol. The minimum atomic E-state index is -1.00. The molecule has 4 nitrogen and oxygen atoms in total. The molecule has 0 aromatic carbocycles. The van der Waals surface area contributed by atoms with E-state index in [1.807, 2.05) is 12.3 Å². The van der Waals surface area contributed by atoms with E-state index in [0.717, 1.165) is 25.7 Å². The molecule has 0 rings (SSSR count). The number of thioether (sulfide) groups is 1. The predicted octanol–water partition coefficient (Wildman–Crippen LogP) is 0.262. The SMILES string of the molecule is C=CCCCCCCCCC([O-])=N[C@@H](CCSC)C(=O)O.[Na+]. The van der Waals surface area contributed by atoms with Crippen molar-refractivity contribution >= 4 is 23.6 Å². The first-order chi connectivity index (χ1) is 10.1. The fraction of sp³-hybridized carbons (Fsp3) is 0.750. The Morgan fingerprint density at radius 1 is 1.27 bits per heavy atom. The maximum atomic E-state index is 11.6. The number of aliphatic imine (C=N–C) groups is 1. The van der Waals surface area contributed by atoms with Gasteiger partial charge in [0, 0.05) is 0 Å². The van der Waals surface area contributed by atoms with Crippen molar-refractivity contribution in [3.8, 4) is 0 Å². The van der Waals surface area contributed by atoms with Crippen molar-refractivity contribution in [2.45, 2.75) is 63.8 Å². The van der Waals surface area contributed by atoms with Gasteiger partial charge in [-0.15, -0.1) is 6.58 Å². The number of carbonyl (C=O) groups is 1. The summed E-state index contributed by atoms with van der Waals surface area (Å²) in [5.41, 5.74) is 0. The van der Waals surface area contributed by atoms with Gasteiger partial charge in [-0.25, -0.2) is 4.79 Å². The van der Waals surface area contributed by atoms with Crippen LogP contribution in [-0.2, 0) is 4.79 Å². The fourth-order valence-corrected chi connectivity index (χ4v) is 2.44. The number of unbranched alkanes of at least 4 members (excludes halogenated alkanes) is 6. The van der Waals surface area contributed by atoms with Crippen molar-refractivity contribution in [2.75, 3.05) is 12.0 Å². The van der Waals surface area contributed by atoms with Gasteiger partial charge in [0.05, 0.1) is 0 Å². The monoisotopic (exact) mass is 337 g/mol. The van der Waals surface area contributed by atoms with E-state index < -0.39 is 12.0 Å². The first-order valence-corrected chi connectivity index (χ1v) is 9.07. The summed E-state index contributed by atoms with van der Waals surface area (Å²) >= 11 is 1.57. The Kier molecular flexibility index (Phi) is 19.2. The topological polar surface area (TPSA) is 72.7 Å². The molecule has 1 N–H and O–H groups in total. The Balaban J connectivity index is 0. The molecule has 0 unspecified atom stereocenters. The molecule has 6 heteroatoms. The minimum Gasteiger partial charge on any atom is -0.862 e. The molecule has 0 radical (unpaired) electrons. The zero-order valence-electron chi connectivity index (χ0n) is 14.1. The first kappa shape index (κ1) is 24.3. The van der Waals surface area contributed by atoms with Crippen molar-refractivity contribution < 1.29 is 44.6 Å². The summed E-state index contributed by atoms with van der Waals surface area (Å²) in [6, 6.07) is -0.871. The second-order valence-electron chi connectivity index (χ2n) is 5.11. The van der Waals surface area contributed by atoms with Crippen LogP contribution in [0, 0.1) is 0 Å². The van der Waals surface area contributed by atoms with Crippen LogP contribution in [0.25, 0.3) is 0 Å². The summed E-state index contributed by atoms with van der Waals surface area (Å²) in [4.78, 5) is 14.8. The summed E-state index contributed by atoms with van der Waals surface area (Å²) in [6.45, 7) is 3.69. The zero-order valence-corrected chi connectivity index (χ0v) is 16.9. The molecule has 0 aliphatic rings. The van der Waals surface area contributed by atoms with Crippen LogP contribution in [0.15, 0.2) is 17.6 Å². The molecule has 0 amide bonds. The largest absolute Gasteiger partial charge is 1.00 e. The van der Waals surface area contributed by atoms with Crippen molar-refractivity contribution in [3.05, 3.63) is 12.7 Å². The Morgan fingerprint density at radius 2 is 1.86 bits per heavy atom. The van der Waals surface area contributed by atoms with Gasteiger partial charge in [0.2, 0.25) is 0 Å². The van der Waals surface area contributed by atoms with Gasteiger partial charge in [-0.3, -0.25) is 4.99 Å². The average molecular weight is 337 g/mol. The molecule has 22 heavy (non-hydrogen) atoms. The minimum absolute atomic E-state index is 0. The number of hydrogen-bond donors (Lipinski definition) is 1. The van der Waals surface area contributed by atoms with E-state index >= 15 is 0 Å². The molecule has 0 spiro atoms. The Hall–Kier alpha value is 0.0300. The number of nitrogens with zero attached hydrogens (tertiary/aromatic N) is 1. The van der Waals surface area contributed by atoms with Crippen molar-refractivity contribution in [3.63, 3.8) is 0 Å². The van der Waals surface area contributed by atoms with Crippen molar-refractivity contribution in [1.29, 1.82) is 0 Å². The van der Waals surface area contributed by atoms with Crippen LogP contribution in [0.3, 0.4) is 0 Å². The number of aliphatic carboxylic acids is 1. The summed E-state index contributed by atoms with van der Waals surface area (Å²) in [7, 11) is 0. The van der Waals surface area contributed by atoms with Gasteiger partial charge in [-0.1, -0.05) is 31.8 Å². The van der Waals surface area contributed by atoms with Gasteiger partial charge in [0.25, 0.3) is 0 Å². The molecular weight excluding hydrogens is 309 g/mol. The third-order valence-electron chi connectivity index (χ3n) is 3.23. The van der Waals surface area contributed by atoms with E-state index in [-0.39, 0.29) is 35.5 Å². The van der Waals surface area contributed by atoms with E-state index in [0.29, 0.717) is 18.6 Å². The van der Waals surface area contributed by atoms with Crippen LogP contribution in [0.5, 0.6) is 0 Å². The van der Waals surface area contributed by atoms with E-state index in [2.05, 4.69) is 11.6 Å². The third kappa shape index (κ3) is 14.9. The molecule has 0 fully saturated rings. The van der Waals surface area contributed by atoms with Gasteiger partial charge >= 0.3 is 35.5 Å². The van der Waals surface area contributed by atoms with Crippen molar-refractivity contribution in [2.24, 2.45) is 4.99 Å². The van der Waals surface area contributed by atoms with Crippen molar-refractivity contribution in [1.82, 2.24) is 0 Å². The van der Waals surface area contributed by atoms with E-state index in [1.54, 1.807) is 11.8 Å². The molecule has 1 atom stereocenters. The summed E-state index contributed by atoms with van der Waals surface area (Å²) in [5, 5.41) is 20.6. The van der Waals surface area contributed by atoms with E-state index in [4.69, 9.17) is 5.11 Å². The molecular formula is C16H28NNaO3S. The van der Waals surface area contributed by atoms with Crippen LogP contribution in [-0.4, -0.2) is 35.0 Å². The first-order valence-electron chi connectivity index (χ1n) is 7.68. The second-order valence-corrected chi connectivity index (χ2v) is 6.09. The molecule has 0 aliphatic heterocycles. The normalized spacial score (nSPS) is 12.5. The molecule has 0 saturated carbocycles. The zero-order chi connectivity index (χ0) is 15.9. The molecule has 0 bridgehead atoms. The van der Waals surface area contributed by atoms with Crippen LogP contribution in [0.2, 0.25) is 0 Å². The molecule has 122 valence electrons. The van der Waals surface area contributed by atoms with Gasteiger partial charge in [-0.2, -0.15) is 11.8 Å². The van der Waals surface area contributed by atoms with Gasteiger partial charge in [0.15, 0.2) is 0 Å². The van der Waals surface area contributed by atoms with Crippen LogP contribution in [0.1, 0.15) is 57.8 Å². The van der Waals surface area contributed by atoms with Gasteiger partial charge in [-0.05, 0) is 50.0 Å². The second kappa shape index (κ2) is 17.4. The number of carboxylic acids is 1. The van der Waals surface area contributed by atoms with Crippen LogP contribution in [0.4, 0.5) is 0 Å².